The zero-order valence-electron chi connectivity index (χ0n) is 11.3. The van der Waals surface area contributed by atoms with E-state index in [2.05, 4.69) is 0 Å². The maximum absolute atomic E-state index is 12.5. The highest BCUT2D eigenvalue weighted by Gasteiger charge is 2.29. The minimum atomic E-state index is -0.311. The summed E-state index contributed by atoms with van der Waals surface area (Å²) in [7, 11) is 0. The van der Waals surface area contributed by atoms with Crippen LogP contribution in [-0.4, -0.2) is 47.8 Å². The van der Waals surface area contributed by atoms with Crippen LogP contribution in [0.1, 0.15) is 22.8 Å². The van der Waals surface area contributed by atoms with Gasteiger partial charge < -0.3 is 20.5 Å². The van der Waals surface area contributed by atoms with Crippen molar-refractivity contribution >= 4 is 11.6 Å². The predicted molar refractivity (Wildman–Crippen MR) is 72.9 cm³/mol. The van der Waals surface area contributed by atoms with Crippen molar-refractivity contribution in [2.45, 2.75) is 26.1 Å². The van der Waals surface area contributed by atoms with Gasteiger partial charge in [0.2, 0.25) is 0 Å². The number of aliphatic hydroxyl groups excluding tert-OH is 1. The van der Waals surface area contributed by atoms with Gasteiger partial charge in [-0.25, -0.2) is 0 Å². The molecule has 2 unspecified atom stereocenters. The second-order valence-electron chi connectivity index (χ2n) is 4.98. The van der Waals surface area contributed by atoms with E-state index in [0.717, 1.165) is 5.56 Å². The van der Waals surface area contributed by atoms with Crippen LogP contribution in [0.2, 0.25) is 0 Å². The molecule has 5 heteroatoms. The van der Waals surface area contributed by atoms with E-state index in [1.165, 1.54) is 0 Å². The Morgan fingerprint density at radius 1 is 1.53 bits per heavy atom. The van der Waals surface area contributed by atoms with E-state index in [4.69, 9.17) is 10.5 Å². The van der Waals surface area contributed by atoms with Crippen LogP contribution < -0.4 is 5.73 Å². The number of rotatable bonds is 2. The number of carbonyl (C=O) groups is 1. The molecule has 1 aliphatic heterocycles. The highest BCUT2D eigenvalue weighted by molar-refractivity contribution is 5.97. The monoisotopic (exact) mass is 264 g/mol. The third kappa shape index (κ3) is 2.88. The lowest BCUT2D eigenvalue weighted by Crippen LogP contribution is -2.50. The fourth-order valence-corrected chi connectivity index (χ4v) is 2.37. The van der Waals surface area contributed by atoms with E-state index in [1.54, 1.807) is 23.1 Å². The zero-order valence-corrected chi connectivity index (χ0v) is 11.3. The maximum atomic E-state index is 12.5. The van der Waals surface area contributed by atoms with E-state index in [1.807, 2.05) is 13.8 Å². The molecule has 1 saturated heterocycles. The first-order valence-electron chi connectivity index (χ1n) is 6.43. The van der Waals surface area contributed by atoms with E-state index in [-0.39, 0.29) is 24.7 Å². The van der Waals surface area contributed by atoms with Gasteiger partial charge in [0.05, 0.1) is 18.8 Å². The topological polar surface area (TPSA) is 75.8 Å². The van der Waals surface area contributed by atoms with Crippen molar-refractivity contribution in [2.75, 3.05) is 25.4 Å². The van der Waals surface area contributed by atoms with Gasteiger partial charge in [0.1, 0.15) is 0 Å². The molecule has 104 valence electrons. The van der Waals surface area contributed by atoms with Gasteiger partial charge in [0.15, 0.2) is 0 Å². The lowest BCUT2D eigenvalue weighted by atomic mass is 10.0. The molecule has 0 radical (unpaired) electrons. The lowest BCUT2D eigenvalue weighted by molar-refractivity contribution is -0.0858. The van der Waals surface area contributed by atoms with Crippen molar-refractivity contribution in [1.29, 1.82) is 0 Å². The number of nitrogen functional groups attached to an aromatic ring is 1. The smallest absolute Gasteiger partial charge is 0.254 e. The average molecular weight is 264 g/mol. The number of morpholine rings is 1. The number of hydrogen-bond donors (Lipinski definition) is 2. The number of ether oxygens (including phenoxy) is 1. The van der Waals surface area contributed by atoms with Gasteiger partial charge in [0, 0.05) is 24.3 Å². The van der Waals surface area contributed by atoms with Crippen LogP contribution in [0.15, 0.2) is 18.2 Å². The summed E-state index contributed by atoms with van der Waals surface area (Å²) in [5.41, 5.74) is 7.86. The number of hydrogen-bond acceptors (Lipinski definition) is 4. The van der Waals surface area contributed by atoms with Gasteiger partial charge in [-0.1, -0.05) is 6.07 Å². The highest BCUT2D eigenvalue weighted by atomic mass is 16.5. The molecule has 1 fully saturated rings. The van der Waals surface area contributed by atoms with Crippen LogP contribution in [0, 0.1) is 6.92 Å². The van der Waals surface area contributed by atoms with E-state index >= 15 is 0 Å². The van der Waals surface area contributed by atoms with Crippen LogP contribution in [-0.2, 0) is 4.74 Å². The van der Waals surface area contributed by atoms with Crippen LogP contribution in [0.4, 0.5) is 5.69 Å². The second kappa shape index (κ2) is 5.59. The van der Waals surface area contributed by atoms with Crippen molar-refractivity contribution in [3.05, 3.63) is 29.3 Å². The zero-order chi connectivity index (χ0) is 14.0. The molecule has 0 bridgehead atoms. The Balaban J connectivity index is 2.21. The van der Waals surface area contributed by atoms with Crippen molar-refractivity contribution in [3.63, 3.8) is 0 Å². The second-order valence-corrected chi connectivity index (χ2v) is 4.98. The van der Waals surface area contributed by atoms with E-state index in [9.17, 15) is 9.90 Å². The molecule has 0 aromatic heterocycles. The van der Waals surface area contributed by atoms with Crippen LogP contribution in [0.3, 0.4) is 0 Å². The van der Waals surface area contributed by atoms with Crippen molar-refractivity contribution in [1.82, 2.24) is 4.90 Å². The Kier molecular flexibility index (Phi) is 4.07. The van der Waals surface area contributed by atoms with Gasteiger partial charge in [-0.3, -0.25) is 4.79 Å². The Labute approximate surface area is 113 Å². The summed E-state index contributed by atoms with van der Waals surface area (Å²) in [6.45, 7) is 4.60. The fraction of sp³-hybridized carbons (Fsp3) is 0.500. The number of benzene rings is 1. The van der Waals surface area contributed by atoms with Crippen LogP contribution >= 0.6 is 0 Å². The lowest BCUT2D eigenvalue weighted by Gasteiger charge is -2.36. The summed E-state index contributed by atoms with van der Waals surface area (Å²) in [5.74, 6) is -0.0570. The summed E-state index contributed by atoms with van der Waals surface area (Å²) < 4.78 is 5.54. The molecule has 1 amide bonds. The van der Waals surface area contributed by atoms with Crippen molar-refractivity contribution in [2.24, 2.45) is 0 Å². The Hall–Kier alpha value is -1.59. The van der Waals surface area contributed by atoms with E-state index < -0.39 is 0 Å². The maximum Gasteiger partial charge on any atom is 0.254 e. The number of anilines is 1. The molecule has 2 rings (SSSR count). The molecular weight excluding hydrogens is 244 g/mol. The van der Waals surface area contributed by atoms with Crippen molar-refractivity contribution in [3.8, 4) is 0 Å². The molecule has 5 nitrogen and oxygen atoms in total. The number of carbonyl (C=O) groups excluding carboxylic acids is 1. The molecule has 1 heterocycles. The standard InChI is InChI=1S/C14H20N2O3/c1-9-6-16(7-11(8-17)19-9)14(18)12-4-3-5-13(15)10(12)2/h3-5,9,11,17H,6-8,15H2,1-2H3. The molecular formula is C14H20N2O3. The quantitative estimate of drug-likeness (QED) is 0.775. The van der Waals surface area contributed by atoms with Gasteiger partial charge in [0.25, 0.3) is 5.91 Å². The molecule has 2 atom stereocenters. The molecule has 1 aliphatic rings. The number of amides is 1. The first-order valence-corrected chi connectivity index (χ1v) is 6.43. The number of nitrogens with zero attached hydrogens (tertiary/aromatic N) is 1. The first-order chi connectivity index (χ1) is 9.02. The largest absolute Gasteiger partial charge is 0.398 e. The molecule has 0 spiro atoms. The van der Waals surface area contributed by atoms with Gasteiger partial charge in [-0.15, -0.1) is 0 Å². The molecule has 1 aromatic rings. The predicted octanol–water partition coefficient (Wildman–Crippen LogP) is 0.799. The number of nitrogens with two attached hydrogens (primary N) is 1. The molecule has 0 aliphatic carbocycles. The summed E-state index contributed by atoms with van der Waals surface area (Å²) >= 11 is 0. The minimum Gasteiger partial charge on any atom is -0.398 e. The first kappa shape index (κ1) is 13.8. The van der Waals surface area contributed by atoms with Crippen LogP contribution in [0.25, 0.3) is 0 Å². The summed E-state index contributed by atoms with van der Waals surface area (Å²) in [5, 5.41) is 9.19. The van der Waals surface area contributed by atoms with Gasteiger partial charge in [-0.05, 0) is 31.5 Å². The molecule has 19 heavy (non-hydrogen) atoms. The molecule has 3 N–H and O–H groups in total. The summed E-state index contributed by atoms with van der Waals surface area (Å²) in [6, 6.07) is 5.34. The number of aliphatic hydroxyl groups is 1. The van der Waals surface area contributed by atoms with E-state index in [0.29, 0.717) is 24.3 Å². The van der Waals surface area contributed by atoms with Crippen molar-refractivity contribution < 1.29 is 14.6 Å². The Morgan fingerprint density at radius 2 is 2.26 bits per heavy atom. The third-order valence-electron chi connectivity index (χ3n) is 3.42. The summed E-state index contributed by atoms with van der Waals surface area (Å²) in [4.78, 5) is 14.2. The Morgan fingerprint density at radius 3 is 2.95 bits per heavy atom. The highest BCUT2D eigenvalue weighted by Crippen LogP contribution is 2.20. The Bertz CT molecular complexity index is 476. The molecule has 1 aromatic carbocycles. The van der Waals surface area contributed by atoms with Gasteiger partial charge in [-0.2, -0.15) is 0 Å². The third-order valence-corrected chi connectivity index (χ3v) is 3.42. The fourth-order valence-electron chi connectivity index (χ4n) is 2.37. The van der Waals surface area contributed by atoms with Crippen LogP contribution in [0.5, 0.6) is 0 Å². The molecule has 0 saturated carbocycles. The minimum absolute atomic E-state index is 0.0570. The normalized spacial score (nSPS) is 23.4. The average Bonchev–Trinajstić information content (AvgIpc) is 2.40. The summed E-state index contributed by atoms with van der Waals surface area (Å²) in [6.07, 6.45) is -0.384. The SMILES string of the molecule is Cc1c(N)cccc1C(=O)N1CC(C)OC(CO)C1. The van der Waals surface area contributed by atoms with Gasteiger partial charge >= 0.3 is 0 Å².